The van der Waals surface area contributed by atoms with E-state index in [9.17, 15) is 9.59 Å². The van der Waals surface area contributed by atoms with Crippen molar-refractivity contribution >= 4 is 12.0 Å². The molecule has 0 aromatic rings. The Kier molecular flexibility index (Phi) is 4.28. The van der Waals surface area contributed by atoms with Crippen LogP contribution in [0.2, 0.25) is 0 Å². The molecule has 0 aromatic heterocycles. The molecule has 0 aliphatic rings. The Morgan fingerprint density at radius 3 is 2.50 bits per heavy atom. The van der Waals surface area contributed by atoms with Gasteiger partial charge in [-0.1, -0.05) is 13.3 Å². The highest BCUT2D eigenvalue weighted by Gasteiger charge is 2.06. The van der Waals surface area contributed by atoms with Gasteiger partial charge in [0, 0.05) is 6.42 Å². The lowest BCUT2D eigenvalue weighted by Gasteiger charge is -1.92. The molecule has 1 radical (unpaired) electrons. The minimum Gasteiger partial charge on any atom is -0.463 e. The van der Waals surface area contributed by atoms with Crippen molar-refractivity contribution in [1.82, 2.24) is 5.32 Å². The van der Waals surface area contributed by atoms with E-state index in [-0.39, 0.29) is 6.42 Å². The fourth-order valence-electron chi connectivity index (χ4n) is 0.491. The average Bonchev–Trinajstić information content (AvgIpc) is 1.82. The molecule has 4 heteroatoms. The molecule has 0 atom stereocenters. The first-order valence-electron chi connectivity index (χ1n) is 3.14. The third-order valence-corrected chi connectivity index (χ3v) is 0.965. The Labute approximate surface area is 59.2 Å². The number of nitrogens with zero attached hydrogens (tertiary/aromatic N) is 1. The van der Waals surface area contributed by atoms with Crippen molar-refractivity contribution in [2.24, 2.45) is 0 Å². The van der Waals surface area contributed by atoms with E-state index in [0.717, 1.165) is 6.42 Å². The number of carbonyl (C=O) groups is 2. The highest BCUT2D eigenvalue weighted by molar-refractivity contribution is 5.90. The predicted molar refractivity (Wildman–Crippen MR) is 34.7 cm³/mol. The molecular weight excluding hydrogens is 134 g/mol. The molecule has 2 amide bonds. The van der Waals surface area contributed by atoms with Crippen LogP contribution in [0.4, 0.5) is 4.79 Å². The Morgan fingerprint density at radius 2 is 2.10 bits per heavy atom. The summed E-state index contributed by atoms with van der Waals surface area (Å²) in [6.07, 6.45) is 0.417. The lowest BCUT2D eigenvalue weighted by atomic mass is 10.2. The van der Waals surface area contributed by atoms with Crippen LogP contribution in [0.5, 0.6) is 0 Å². The van der Waals surface area contributed by atoms with E-state index in [4.69, 9.17) is 5.11 Å². The number of rotatable bonds is 3. The lowest BCUT2D eigenvalue weighted by Crippen LogP contribution is -2.20. The molecule has 0 unspecified atom stereocenters. The van der Waals surface area contributed by atoms with Gasteiger partial charge in [0.15, 0.2) is 0 Å². The molecule has 1 N–H and O–H groups in total. The Bertz CT molecular complexity index is 133. The zero-order valence-electron chi connectivity index (χ0n) is 5.83. The van der Waals surface area contributed by atoms with Crippen LogP contribution >= 0.6 is 0 Å². The molecule has 0 aromatic carbocycles. The van der Waals surface area contributed by atoms with Gasteiger partial charge >= 0.3 is 6.09 Å². The molecule has 0 aliphatic carbocycles. The van der Waals surface area contributed by atoms with Crippen LogP contribution in [0.25, 0.3) is 0 Å². The van der Waals surface area contributed by atoms with Gasteiger partial charge in [-0.15, -0.1) is 5.32 Å². The smallest absolute Gasteiger partial charge is 0.434 e. The second-order valence-electron chi connectivity index (χ2n) is 1.89. The summed E-state index contributed by atoms with van der Waals surface area (Å²) in [6.45, 7) is 1.92. The van der Waals surface area contributed by atoms with Crippen LogP contribution in [0.15, 0.2) is 0 Å². The molecule has 0 rings (SSSR count). The fourth-order valence-corrected chi connectivity index (χ4v) is 0.491. The summed E-state index contributed by atoms with van der Waals surface area (Å²) in [6, 6.07) is 0. The van der Waals surface area contributed by atoms with Crippen LogP contribution in [0.1, 0.15) is 26.2 Å². The van der Waals surface area contributed by atoms with E-state index in [0.29, 0.717) is 6.42 Å². The zero-order chi connectivity index (χ0) is 7.98. The second-order valence-corrected chi connectivity index (χ2v) is 1.89. The predicted octanol–water partition coefficient (Wildman–Crippen LogP) is 0.986. The van der Waals surface area contributed by atoms with Gasteiger partial charge in [-0.3, -0.25) is 4.79 Å². The summed E-state index contributed by atoms with van der Waals surface area (Å²) < 4.78 is 0. The van der Waals surface area contributed by atoms with Gasteiger partial charge in [-0.25, -0.2) is 4.79 Å². The highest BCUT2D eigenvalue weighted by atomic mass is 16.4. The van der Waals surface area contributed by atoms with Gasteiger partial charge in [0.25, 0.3) is 5.91 Å². The normalized spacial score (nSPS) is 8.90. The third-order valence-electron chi connectivity index (χ3n) is 0.965. The van der Waals surface area contributed by atoms with E-state index >= 15 is 0 Å². The van der Waals surface area contributed by atoms with Crippen LogP contribution in [0.3, 0.4) is 0 Å². The van der Waals surface area contributed by atoms with Gasteiger partial charge in [-0.05, 0) is 6.42 Å². The molecule has 0 bridgehead atoms. The summed E-state index contributed by atoms with van der Waals surface area (Å²) >= 11 is 0. The van der Waals surface area contributed by atoms with Crippen LogP contribution in [-0.4, -0.2) is 17.1 Å². The Hall–Kier alpha value is -1.06. The molecule has 0 aliphatic heterocycles. The van der Waals surface area contributed by atoms with Gasteiger partial charge < -0.3 is 5.11 Å². The molecule has 0 saturated heterocycles. The number of unbranched alkanes of at least 4 members (excludes halogenated alkanes) is 1. The first-order valence-corrected chi connectivity index (χ1v) is 3.14. The largest absolute Gasteiger partial charge is 0.463 e. The minimum atomic E-state index is -1.40. The average molecular weight is 144 g/mol. The summed E-state index contributed by atoms with van der Waals surface area (Å²) in [4.78, 5) is 20.3. The van der Waals surface area contributed by atoms with Crippen molar-refractivity contribution in [2.45, 2.75) is 26.2 Å². The third kappa shape index (κ3) is 5.08. The molecule has 0 heterocycles. The first kappa shape index (κ1) is 8.94. The Balaban J connectivity index is 3.35. The van der Waals surface area contributed by atoms with E-state index in [1.807, 2.05) is 6.92 Å². The van der Waals surface area contributed by atoms with Crippen molar-refractivity contribution in [3.63, 3.8) is 0 Å². The summed E-state index contributed by atoms with van der Waals surface area (Å²) in [5.74, 6) is -0.547. The number of hydrogen-bond donors (Lipinski definition) is 1. The maximum absolute atomic E-state index is 10.5. The number of carboxylic acid groups (broad SMARTS) is 1. The molecule has 57 valence electrons. The molecular formula is C6H10NO3. The number of amides is 2. The molecule has 4 nitrogen and oxygen atoms in total. The maximum Gasteiger partial charge on any atom is 0.434 e. The van der Waals surface area contributed by atoms with Crippen LogP contribution in [0, 0.1) is 0 Å². The number of carbonyl (C=O) groups excluding carboxylic acids is 1. The van der Waals surface area contributed by atoms with Gasteiger partial charge in [0.2, 0.25) is 0 Å². The molecule has 10 heavy (non-hydrogen) atoms. The fraction of sp³-hybridized carbons (Fsp3) is 0.667. The van der Waals surface area contributed by atoms with Crippen molar-refractivity contribution in [3.05, 3.63) is 0 Å². The molecule has 0 spiro atoms. The monoisotopic (exact) mass is 144 g/mol. The number of hydrogen-bond acceptors (Lipinski definition) is 2. The highest BCUT2D eigenvalue weighted by Crippen LogP contribution is 1.93. The van der Waals surface area contributed by atoms with Gasteiger partial charge in [0.05, 0.1) is 0 Å². The maximum atomic E-state index is 10.5. The summed E-state index contributed by atoms with van der Waals surface area (Å²) in [7, 11) is 0. The van der Waals surface area contributed by atoms with Crippen LogP contribution < -0.4 is 5.32 Å². The molecule has 0 saturated carbocycles. The quantitative estimate of drug-likeness (QED) is 0.642. The van der Waals surface area contributed by atoms with E-state index in [2.05, 4.69) is 5.32 Å². The minimum absolute atomic E-state index is 0.239. The van der Waals surface area contributed by atoms with Gasteiger partial charge in [0.1, 0.15) is 0 Å². The summed E-state index contributed by atoms with van der Waals surface area (Å²) in [5.41, 5.74) is 0. The summed E-state index contributed by atoms with van der Waals surface area (Å²) in [5, 5.41) is 10.8. The topological polar surface area (TPSA) is 68.5 Å². The van der Waals surface area contributed by atoms with Gasteiger partial charge in [-0.2, -0.15) is 0 Å². The van der Waals surface area contributed by atoms with Crippen molar-refractivity contribution in [3.8, 4) is 0 Å². The lowest BCUT2D eigenvalue weighted by molar-refractivity contribution is -0.120. The van der Waals surface area contributed by atoms with E-state index in [1.165, 1.54) is 0 Å². The van der Waals surface area contributed by atoms with Crippen molar-refractivity contribution < 1.29 is 14.7 Å². The van der Waals surface area contributed by atoms with E-state index < -0.39 is 12.0 Å². The van der Waals surface area contributed by atoms with Crippen molar-refractivity contribution in [1.29, 1.82) is 0 Å². The first-order chi connectivity index (χ1) is 4.66. The van der Waals surface area contributed by atoms with E-state index in [1.54, 1.807) is 0 Å². The van der Waals surface area contributed by atoms with Crippen LogP contribution in [-0.2, 0) is 4.79 Å². The standard InChI is InChI=1S/C6H10NO3/c1-2-3-4-5(8)7-6(9)10/h2-4H2,1H3,(H,9,10). The Morgan fingerprint density at radius 1 is 1.50 bits per heavy atom. The SMILES string of the molecule is CCCCC(=O)[N]C(=O)O. The second kappa shape index (κ2) is 4.78. The molecule has 0 fully saturated rings. The number of imide groups is 1. The van der Waals surface area contributed by atoms with Crippen molar-refractivity contribution in [2.75, 3.05) is 0 Å². The zero-order valence-corrected chi connectivity index (χ0v) is 5.83.